The highest BCUT2D eigenvalue weighted by Gasteiger charge is 2.15. The van der Waals surface area contributed by atoms with Gasteiger partial charge in [-0.15, -0.1) is 11.3 Å². The molecule has 1 atom stereocenters. The fraction of sp³-hybridized carbons (Fsp3) is 0.667. The van der Waals surface area contributed by atoms with E-state index in [0.717, 1.165) is 28.7 Å². The van der Waals surface area contributed by atoms with Crippen LogP contribution >= 0.6 is 22.9 Å². The van der Waals surface area contributed by atoms with Gasteiger partial charge in [0, 0.05) is 24.5 Å². The number of β-amino-alcohol motifs (C(OH)–C–C–N with tert-alkyl or cyclic N) is 1. The zero-order chi connectivity index (χ0) is 15.8. The van der Waals surface area contributed by atoms with E-state index >= 15 is 0 Å². The molecule has 0 aliphatic carbocycles. The molecular formula is C15H24ClN3O2S. The first-order valence-corrected chi connectivity index (χ1v) is 8.99. The van der Waals surface area contributed by atoms with Gasteiger partial charge in [0.05, 0.1) is 10.4 Å². The first kappa shape index (κ1) is 17.5. The molecule has 1 saturated heterocycles. The highest BCUT2D eigenvalue weighted by molar-refractivity contribution is 7.16. The van der Waals surface area contributed by atoms with Crippen molar-refractivity contribution < 1.29 is 9.90 Å². The molecule has 0 saturated carbocycles. The van der Waals surface area contributed by atoms with Crippen LogP contribution in [0.3, 0.4) is 0 Å². The van der Waals surface area contributed by atoms with Gasteiger partial charge in [0.15, 0.2) is 0 Å². The number of amides is 2. The summed E-state index contributed by atoms with van der Waals surface area (Å²) in [5.74, 6) is 0. The van der Waals surface area contributed by atoms with Crippen LogP contribution in [0.15, 0.2) is 12.1 Å². The molecule has 1 aliphatic rings. The van der Waals surface area contributed by atoms with Crippen LogP contribution in [-0.4, -0.2) is 54.9 Å². The van der Waals surface area contributed by atoms with E-state index in [1.807, 2.05) is 12.1 Å². The molecule has 3 N–H and O–H groups in total. The van der Waals surface area contributed by atoms with E-state index in [0.29, 0.717) is 13.1 Å². The second kappa shape index (κ2) is 9.35. The fourth-order valence-corrected chi connectivity index (χ4v) is 3.65. The summed E-state index contributed by atoms with van der Waals surface area (Å²) >= 11 is 7.38. The molecule has 124 valence electrons. The predicted octanol–water partition coefficient (Wildman–Crippen LogP) is 2.09. The molecule has 2 heterocycles. The normalized spacial score (nSPS) is 17.2. The monoisotopic (exact) mass is 345 g/mol. The van der Waals surface area contributed by atoms with Crippen molar-refractivity contribution in [2.24, 2.45) is 0 Å². The number of carbonyl (C=O) groups excluding carboxylic acids is 1. The van der Waals surface area contributed by atoms with Gasteiger partial charge in [-0.05, 0) is 44.5 Å². The summed E-state index contributed by atoms with van der Waals surface area (Å²) in [6, 6.07) is 3.59. The molecule has 2 rings (SSSR count). The Labute approximate surface area is 140 Å². The first-order valence-electron chi connectivity index (χ1n) is 7.80. The van der Waals surface area contributed by atoms with Gasteiger partial charge in [-0.1, -0.05) is 18.0 Å². The molecule has 1 aliphatic heterocycles. The van der Waals surface area contributed by atoms with Crippen molar-refractivity contribution in [2.45, 2.75) is 31.8 Å². The molecule has 0 aromatic carbocycles. The van der Waals surface area contributed by atoms with Gasteiger partial charge in [0.25, 0.3) is 0 Å². The van der Waals surface area contributed by atoms with Crippen molar-refractivity contribution in [2.75, 3.05) is 32.7 Å². The number of piperidine rings is 1. The number of rotatable bonds is 7. The molecular weight excluding hydrogens is 322 g/mol. The zero-order valence-electron chi connectivity index (χ0n) is 12.7. The number of aliphatic hydroxyl groups excluding tert-OH is 1. The van der Waals surface area contributed by atoms with E-state index in [4.69, 9.17) is 11.6 Å². The van der Waals surface area contributed by atoms with Crippen LogP contribution < -0.4 is 10.6 Å². The maximum atomic E-state index is 11.7. The summed E-state index contributed by atoms with van der Waals surface area (Å²) < 4.78 is 0.764. The van der Waals surface area contributed by atoms with E-state index in [9.17, 15) is 9.90 Å². The van der Waals surface area contributed by atoms with E-state index in [2.05, 4.69) is 15.5 Å². The van der Waals surface area contributed by atoms with E-state index in [-0.39, 0.29) is 12.6 Å². The molecule has 0 bridgehead atoms. The topological polar surface area (TPSA) is 64.6 Å². The Morgan fingerprint density at radius 2 is 2.09 bits per heavy atom. The van der Waals surface area contributed by atoms with E-state index in [1.165, 1.54) is 30.6 Å². The Kier molecular flexibility index (Phi) is 7.45. The van der Waals surface area contributed by atoms with E-state index in [1.54, 1.807) is 0 Å². The number of nitrogens with zero attached hydrogens (tertiary/aromatic N) is 1. The molecule has 1 unspecified atom stereocenters. The minimum Gasteiger partial charge on any atom is -0.390 e. The van der Waals surface area contributed by atoms with Crippen LogP contribution in [-0.2, 0) is 6.42 Å². The third-order valence-electron chi connectivity index (χ3n) is 3.70. The summed E-state index contributed by atoms with van der Waals surface area (Å²) in [6.07, 6.45) is 3.94. The van der Waals surface area contributed by atoms with Crippen LogP contribution in [0, 0.1) is 0 Å². The summed E-state index contributed by atoms with van der Waals surface area (Å²) in [7, 11) is 0. The van der Waals surface area contributed by atoms with Crippen molar-refractivity contribution in [3.05, 3.63) is 21.3 Å². The van der Waals surface area contributed by atoms with Crippen LogP contribution in [0.4, 0.5) is 4.79 Å². The minimum atomic E-state index is -0.514. The van der Waals surface area contributed by atoms with Gasteiger partial charge in [0.2, 0.25) is 0 Å². The molecule has 22 heavy (non-hydrogen) atoms. The largest absolute Gasteiger partial charge is 0.390 e. The van der Waals surface area contributed by atoms with Crippen LogP contribution in [0.25, 0.3) is 0 Å². The SMILES string of the molecule is O=C(NCCc1ccc(Cl)s1)NCC(O)CN1CCCCC1. The average Bonchev–Trinajstić information content (AvgIpc) is 2.92. The Bertz CT molecular complexity index is 463. The standard InChI is InChI=1S/C15H24ClN3O2S/c16-14-5-4-13(22-14)6-7-17-15(21)18-10-12(20)11-19-8-2-1-3-9-19/h4-5,12,20H,1-3,6-11H2,(H2,17,18,21). The summed E-state index contributed by atoms with van der Waals surface area (Å²) in [4.78, 5) is 15.1. The van der Waals surface area contributed by atoms with E-state index < -0.39 is 6.10 Å². The number of thiophene rings is 1. The lowest BCUT2D eigenvalue weighted by Gasteiger charge is -2.28. The predicted molar refractivity (Wildman–Crippen MR) is 90.7 cm³/mol. The number of likely N-dealkylation sites (tertiary alicyclic amines) is 1. The number of urea groups is 1. The number of aliphatic hydroxyl groups is 1. The molecule has 1 fully saturated rings. The fourth-order valence-electron chi connectivity index (χ4n) is 2.56. The second-order valence-electron chi connectivity index (χ2n) is 5.61. The van der Waals surface area contributed by atoms with Crippen molar-refractivity contribution in [1.82, 2.24) is 15.5 Å². The van der Waals surface area contributed by atoms with Crippen molar-refractivity contribution in [3.63, 3.8) is 0 Å². The number of nitrogens with one attached hydrogen (secondary N) is 2. The minimum absolute atomic E-state index is 0.236. The van der Waals surface area contributed by atoms with Crippen molar-refractivity contribution >= 4 is 29.0 Å². The lowest BCUT2D eigenvalue weighted by Crippen LogP contribution is -2.45. The lowest BCUT2D eigenvalue weighted by atomic mass is 10.1. The number of halogens is 1. The lowest BCUT2D eigenvalue weighted by molar-refractivity contribution is 0.101. The zero-order valence-corrected chi connectivity index (χ0v) is 14.3. The van der Waals surface area contributed by atoms with Crippen molar-refractivity contribution in [3.8, 4) is 0 Å². The third kappa shape index (κ3) is 6.52. The first-order chi connectivity index (χ1) is 10.6. The third-order valence-corrected chi connectivity index (χ3v) is 4.99. The Balaban J connectivity index is 1.54. The van der Waals surface area contributed by atoms with Gasteiger partial charge in [0.1, 0.15) is 0 Å². The second-order valence-corrected chi connectivity index (χ2v) is 7.41. The summed E-state index contributed by atoms with van der Waals surface area (Å²) in [5.41, 5.74) is 0. The Hall–Kier alpha value is -0.820. The number of hydrogen-bond donors (Lipinski definition) is 3. The smallest absolute Gasteiger partial charge is 0.314 e. The van der Waals surface area contributed by atoms with Gasteiger partial charge in [-0.3, -0.25) is 0 Å². The number of hydrogen-bond acceptors (Lipinski definition) is 4. The Morgan fingerprint density at radius 3 is 2.77 bits per heavy atom. The van der Waals surface area contributed by atoms with Crippen LogP contribution in [0.1, 0.15) is 24.1 Å². The quantitative estimate of drug-likeness (QED) is 0.709. The molecule has 1 aromatic heterocycles. The Morgan fingerprint density at radius 1 is 1.32 bits per heavy atom. The molecule has 7 heteroatoms. The average molecular weight is 346 g/mol. The molecule has 0 spiro atoms. The molecule has 2 amide bonds. The highest BCUT2D eigenvalue weighted by Crippen LogP contribution is 2.21. The van der Waals surface area contributed by atoms with Gasteiger partial charge in [-0.25, -0.2) is 4.79 Å². The maximum absolute atomic E-state index is 11.7. The maximum Gasteiger partial charge on any atom is 0.314 e. The van der Waals surface area contributed by atoms with Gasteiger partial charge < -0.3 is 20.6 Å². The molecule has 0 radical (unpaired) electrons. The van der Waals surface area contributed by atoms with Gasteiger partial charge in [-0.2, -0.15) is 0 Å². The summed E-state index contributed by atoms with van der Waals surface area (Å²) in [5, 5.41) is 15.5. The number of carbonyl (C=O) groups is 1. The van der Waals surface area contributed by atoms with Crippen LogP contribution in [0.5, 0.6) is 0 Å². The molecule has 5 nitrogen and oxygen atoms in total. The summed E-state index contributed by atoms with van der Waals surface area (Å²) in [6.45, 7) is 3.57. The highest BCUT2D eigenvalue weighted by atomic mass is 35.5. The van der Waals surface area contributed by atoms with Crippen molar-refractivity contribution in [1.29, 1.82) is 0 Å². The van der Waals surface area contributed by atoms with Crippen LogP contribution in [0.2, 0.25) is 4.34 Å². The van der Waals surface area contributed by atoms with Gasteiger partial charge >= 0.3 is 6.03 Å². The molecule has 1 aromatic rings.